The Morgan fingerprint density at radius 2 is 2.11 bits per heavy atom. The van der Waals surface area contributed by atoms with Crippen molar-refractivity contribution in [2.24, 2.45) is 0 Å². The highest BCUT2D eigenvalue weighted by Crippen LogP contribution is 2.27. The molecule has 0 atom stereocenters. The van der Waals surface area contributed by atoms with Gasteiger partial charge < -0.3 is 10.1 Å². The molecule has 1 heterocycles. The summed E-state index contributed by atoms with van der Waals surface area (Å²) in [6.45, 7) is 4.76. The van der Waals surface area contributed by atoms with E-state index in [1.807, 2.05) is 25.2 Å². The Kier molecular flexibility index (Phi) is 4.15. The summed E-state index contributed by atoms with van der Waals surface area (Å²) in [5.74, 6) is 1.36. The zero-order valence-electron chi connectivity index (χ0n) is 10.8. The van der Waals surface area contributed by atoms with Crippen molar-refractivity contribution in [3.05, 3.63) is 35.5 Å². The minimum absolute atomic E-state index is 0.441. The summed E-state index contributed by atoms with van der Waals surface area (Å²) in [6.07, 6.45) is 0. The molecule has 0 fully saturated rings. The summed E-state index contributed by atoms with van der Waals surface area (Å²) in [7, 11) is 1.86. The van der Waals surface area contributed by atoms with Crippen molar-refractivity contribution < 1.29 is 4.74 Å². The number of hydrogen-bond donors (Lipinski definition) is 1. The van der Waals surface area contributed by atoms with Crippen LogP contribution in [0.15, 0.2) is 24.3 Å². The topological polar surface area (TPSA) is 47.0 Å². The third-order valence-corrected chi connectivity index (χ3v) is 3.47. The van der Waals surface area contributed by atoms with Crippen LogP contribution in [0.3, 0.4) is 0 Å². The van der Waals surface area contributed by atoms with E-state index in [-0.39, 0.29) is 0 Å². The Labute approximate surface area is 111 Å². The molecule has 1 N–H and O–H groups in total. The quantitative estimate of drug-likeness (QED) is 0.899. The minimum Gasteiger partial charge on any atom is -0.487 e. The summed E-state index contributed by atoms with van der Waals surface area (Å²) < 4.78 is 9.76. The van der Waals surface area contributed by atoms with E-state index in [1.165, 1.54) is 17.1 Å². The number of para-hydroxylation sites is 1. The van der Waals surface area contributed by atoms with Crippen LogP contribution in [0.5, 0.6) is 5.75 Å². The molecule has 4 nitrogen and oxygen atoms in total. The van der Waals surface area contributed by atoms with Gasteiger partial charge in [0.1, 0.15) is 23.1 Å². The zero-order chi connectivity index (χ0) is 13.0. The van der Waals surface area contributed by atoms with Crippen LogP contribution >= 0.6 is 11.5 Å². The Bertz CT molecular complexity index is 510. The number of benzene rings is 1. The fourth-order valence-electron chi connectivity index (χ4n) is 1.73. The molecular formula is C13H17N3OS. The summed E-state index contributed by atoms with van der Waals surface area (Å²) in [4.78, 5) is 0. The highest BCUT2D eigenvalue weighted by Gasteiger charge is 2.10. The van der Waals surface area contributed by atoms with Gasteiger partial charge in [0.25, 0.3) is 0 Å². The van der Waals surface area contributed by atoms with Crippen molar-refractivity contribution in [1.82, 2.24) is 9.59 Å². The van der Waals surface area contributed by atoms with Crippen LogP contribution in [0.1, 0.15) is 31.0 Å². The Balaban J connectivity index is 2.11. The largest absolute Gasteiger partial charge is 0.487 e. The second-order valence-corrected chi connectivity index (χ2v) is 5.03. The summed E-state index contributed by atoms with van der Waals surface area (Å²) in [6, 6.07) is 8.11. The predicted octanol–water partition coefficient (Wildman–Crippen LogP) is 3.28. The third-order valence-electron chi connectivity index (χ3n) is 2.69. The van der Waals surface area contributed by atoms with Crippen LogP contribution in [-0.2, 0) is 6.61 Å². The number of aromatic nitrogens is 2. The molecule has 0 bridgehead atoms. The van der Waals surface area contributed by atoms with Crippen LogP contribution in [0, 0.1) is 0 Å². The number of nitrogens with zero attached hydrogens (tertiary/aromatic N) is 2. The molecule has 5 heteroatoms. The molecule has 0 unspecified atom stereocenters. The first-order valence-corrected chi connectivity index (χ1v) is 6.70. The van der Waals surface area contributed by atoms with Gasteiger partial charge in [-0.3, -0.25) is 0 Å². The van der Waals surface area contributed by atoms with E-state index in [0.29, 0.717) is 12.5 Å². The van der Waals surface area contributed by atoms with E-state index in [0.717, 1.165) is 16.4 Å². The molecule has 0 amide bonds. The SMILES string of the molecule is CNc1snnc1COc1ccccc1C(C)C. The van der Waals surface area contributed by atoms with Crippen molar-refractivity contribution in [1.29, 1.82) is 0 Å². The smallest absolute Gasteiger partial charge is 0.136 e. The van der Waals surface area contributed by atoms with Gasteiger partial charge >= 0.3 is 0 Å². The fourth-order valence-corrected chi connectivity index (χ4v) is 2.25. The average Bonchev–Trinajstić information content (AvgIpc) is 2.84. The van der Waals surface area contributed by atoms with Crippen LogP contribution in [0.2, 0.25) is 0 Å². The van der Waals surface area contributed by atoms with Gasteiger partial charge in [0, 0.05) is 18.6 Å². The number of anilines is 1. The van der Waals surface area contributed by atoms with Crippen molar-refractivity contribution in [3.63, 3.8) is 0 Å². The summed E-state index contributed by atoms with van der Waals surface area (Å²) in [5.41, 5.74) is 2.06. The Hall–Kier alpha value is -1.62. The van der Waals surface area contributed by atoms with E-state index < -0.39 is 0 Å². The first-order chi connectivity index (χ1) is 8.72. The monoisotopic (exact) mass is 263 g/mol. The van der Waals surface area contributed by atoms with Crippen molar-refractivity contribution in [3.8, 4) is 5.75 Å². The van der Waals surface area contributed by atoms with Crippen molar-refractivity contribution in [2.45, 2.75) is 26.4 Å². The van der Waals surface area contributed by atoms with E-state index in [2.05, 4.69) is 34.8 Å². The van der Waals surface area contributed by atoms with Gasteiger partial charge in [0.2, 0.25) is 0 Å². The highest BCUT2D eigenvalue weighted by molar-refractivity contribution is 7.10. The lowest BCUT2D eigenvalue weighted by atomic mass is 10.0. The fraction of sp³-hybridized carbons (Fsp3) is 0.385. The predicted molar refractivity (Wildman–Crippen MR) is 74.3 cm³/mol. The lowest BCUT2D eigenvalue weighted by molar-refractivity contribution is 0.297. The lowest BCUT2D eigenvalue weighted by Crippen LogP contribution is -2.02. The van der Waals surface area contributed by atoms with Crippen molar-refractivity contribution >= 4 is 16.5 Å². The summed E-state index contributed by atoms with van der Waals surface area (Å²) >= 11 is 1.34. The second kappa shape index (κ2) is 5.82. The van der Waals surface area contributed by atoms with Gasteiger partial charge in [-0.2, -0.15) is 0 Å². The molecular weight excluding hydrogens is 246 g/mol. The Morgan fingerprint density at radius 1 is 1.33 bits per heavy atom. The molecule has 0 aliphatic carbocycles. The van der Waals surface area contributed by atoms with Gasteiger partial charge in [-0.1, -0.05) is 36.5 Å². The van der Waals surface area contributed by atoms with Crippen molar-refractivity contribution in [2.75, 3.05) is 12.4 Å². The van der Waals surface area contributed by atoms with Gasteiger partial charge in [-0.25, -0.2) is 0 Å². The molecule has 0 saturated heterocycles. The van der Waals surface area contributed by atoms with Gasteiger partial charge in [-0.15, -0.1) is 5.10 Å². The van der Waals surface area contributed by atoms with Gasteiger partial charge in [0.15, 0.2) is 0 Å². The first kappa shape index (κ1) is 12.8. The van der Waals surface area contributed by atoms with E-state index in [4.69, 9.17) is 4.74 Å². The Morgan fingerprint density at radius 3 is 2.83 bits per heavy atom. The molecule has 18 heavy (non-hydrogen) atoms. The second-order valence-electron chi connectivity index (χ2n) is 4.28. The number of ether oxygens (including phenoxy) is 1. The first-order valence-electron chi connectivity index (χ1n) is 5.93. The van der Waals surface area contributed by atoms with E-state index in [1.54, 1.807) is 0 Å². The number of nitrogens with one attached hydrogen (secondary N) is 1. The maximum atomic E-state index is 5.85. The standard InChI is InChI=1S/C13H17N3OS/c1-9(2)10-6-4-5-7-12(10)17-8-11-13(14-3)18-16-15-11/h4-7,9,14H,8H2,1-3H3. The minimum atomic E-state index is 0.441. The maximum Gasteiger partial charge on any atom is 0.136 e. The molecule has 0 radical (unpaired) electrons. The maximum absolute atomic E-state index is 5.85. The molecule has 1 aromatic carbocycles. The van der Waals surface area contributed by atoms with E-state index >= 15 is 0 Å². The molecule has 0 spiro atoms. The lowest BCUT2D eigenvalue weighted by Gasteiger charge is -2.13. The number of hydrogen-bond acceptors (Lipinski definition) is 5. The molecule has 0 aliphatic heterocycles. The normalized spacial score (nSPS) is 10.7. The number of rotatable bonds is 5. The van der Waals surface area contributed by atoms with Crippen LogP contribution in [0.4, 0.5) is 5.00 Å². The molecule has 0 saturated carbocycles. The molecule has 2 rings (SSSR count). The molecule has 96 valence electrons. The van der Waals surface area contributed by atoms with Crippen LogP contribution in [-0.4, -0.2) is 16.6 Å². The summed E-state index contributed by atoms with van der Waals surface area (Å²) in [5, 5.41) is 8.08. The third kappa shape index (κ3) is 2.79. The highest BCUT2D eigenvalue weighted by atomic mass is 32.1. The van der Waals surface area contributed by atoms with Crippen LogP contribution in [0.25, 0.3) is 0 Å². The molecule has 1 aromatic heterocycles. The van der Waals surface area contributed by atoms with Gasteiger partial charge in [0.05, 0.1) is 0 Å². The molecule has 2 aromatic rings. The van der Waals surface area contributed by atoms with Gasteiger partial charge in [-0.05, 0) is 17.5 Å². The van der Waals surface area contributed by atoms with E-state index in [9.17, 15) is 0 Å². The van der Waals surface area contributed by atoms with Crippen LogP contribution < -0.4 is 10.1 Å². The molecule has 0 aliphatic rings. The average molecular weight is 263 g/mol. The zero-order valence-corrected chi connectivity index (χ0v) is 11.6.